The lowest BCUT2D eigenvalue weighted by Crippen LogP contribution is -2.40. The maximum Gasteiger partial charge on any atom is 0.110 e. The molecule has 0 aliphatic rings. The fourth-order valence-corrected chi connectivity index (χ4v) is 1.82. The topological polar surface area (TPSA) is 76.3 Å². The summed E-state index contributed by atoms with van der Waals surface area (Å²) >= 11 is 1.42. The molecule has 1 unspecified atom stereocenters. The van der Waals surface area contributed by atoms with Gasteiger partial charge >= 0.3 is 0 Å². The van der Waals surface area contributed by atoms with Crippen LogP contribution in [0.3, 0.4) is 0 Å². The van der Waals surface area contributed by atoms with Crippen LogP contribution in [-0.4, -0.2) is 29.0 Å². The van der Waals surface area contributed by atoms with Crippen LogP contribution in [0.5, 0.6) is 0 Å². The second-order valence-electron chi connectivity index (χ2n) is 3.64. The second-order valence-corrected chi connectivity index (χ2v) is 4.80. The van der Waals surface area contributed by atoms with E-state index in [4.69, 9.17) is 10.4 Å². The molecule has 1 aromatic rings. The lowest BCUT2D eigenvalue weighted by Gasteiger charge is -2.20. The summed E-state index contributed by atoms with van der Waals surface area (Å²) in [7, 11) is 0. The molecule has 0 aliphatic heterocycles. The van der Waals surface area contributed by atoms with Gasteiger partial charge in [-0.3, -0.25) is 0 Å². The molecule has 0 fully saturated rings. The predicted octanol–water partition coefficient (Wildman–Crippen LogP) is 0.453. The van der Waals surface area contributed by atoms with E-state index in [0.717, 1.165) is 4.88 Å². The number of nitrogens with one attached hydrogen (secondary N) is 1. The average molecular weight is 226 g/mol. The number of hydrogen-bond donors (Lipinski definition) is 3. The van der Waals surface area contributed by atoms with Gasteiger partial charge < -0.3 is 15.5 Å². The van der Waals surface area contributed by atoms with Crippen LogP contribution < -0.4 is 5.32 Å². The standard InChI is InChI=1S/C10H14N2O2S/c1-10(14,7-13)6-12-5-9-3-2-8(4-11)15-9/h2-3,12-14H,5-7H2,1H3. The molecule has 0 saturated heterocycles. The molecule has 1 atom stereocenters. The largest absolute Gasteiger partial charge is 0.393 e. The molecule has 3 N–H and O–H groups in total. The molecule has 4 nitrogen and oxygen atoms in total. The summed E-state index contributed by atoms with van der Waals surface area (Å²) in [6.07, 6.45) is 0. The summed E-state index contributed by atoms with van der Waals surface area (Å²) in [6, 6.07) is 5.72. The fraction of sp³-hybridized carbons (Fsp3) is 0.500. The van der Waals surface area contributed by atoms with Crippen molar-refractivity contribution in [2.45, 2.75) is 19.1 Å². The highest BCUT2D eigenvalue weighted by Gasteiger charge is 2.17. The van der Waals surface area contributed by atoms with Gasteiger partial charge in [0.05, 0.1) is 12.2 Å². The highest BCUT2D eigenvalue weighted by atomic mass is 32.1. The van der Waals surface area contributed by atoms with Crippen LogP contribution in [0.25, 0.3) is 0 Å². The molecule has 0 amide bonds. The van der Waals surface area contributed by atoms with Crippen LogP contribution >= 0.6 is 11.3 Å². The van der Waals surface area contributed by atoms with Crippen LogP contribution in [-0.2, 0) is 6.54 Å². The molecular weight excluding hydrogens is 212 g/mol. The number of thiophene rings is 1. The first kappa shape index (κ1) is 12.1. The van der Waals surface area contributed by atoms with Crippen molar-refractivity contribution in [3.63, 3.8) is 0 Å². The van der Waals surface area contributed by atoms with E-state index in [1.807, 2.05) is 6.07 Å². The highest BCUT2D eigenvalue weighted by molar-refractivity contribution is 7.12. The van der Waals surface area contributed by atoms with Crippen molar-refractivity contribution in [3.8, 4) is 6.07 Å². The Kier molecular flexibility index (Phi) is 4.24. The third kappa shape index (κ3) is 3.98. The summed E-state index contributed by atoms with van der Waals surface area (Å²) in [6.45, 7) is 2.22. The molecule has 0 bridgehead atoms. The van der Waals surface area contributed by atoms with Gasteiger partial charge in [-0.2, -0.15) is 5.26 Å². The number of aliphatic hydroxyl groups excluding tert-OH is 1. The summed E-state index contributed by atoms with van der Waals surface area (Å²) in [5, 5.41) is 29.9. The van der Waals surface area contributed by atoms with Gasteiger partial charge in [0.25, 0.3) is 0 Å². The zero-order chi connectivity index (χ0) is 11.3. The Bertz CT molecular complexity index is 355. The van der Waals surface area contributed by atoms with E-state index in [2.05, 4.69) is 11.4 Å². The van der Waals surface area contributed by atoms with Gasteiger partial charge in [-0.15, -0.1) is 11.3 Å². The number of aliphatic hydroxyl groups is 2. The van der Waals surface area contributed by atoms with E-state index >= 15 is 0 Å². The van der Waals surface area contributed by atoms with Crippen molar-refractivity contribution in [3.05, 3.63) is 21.9 Å². The van der Waals surface area contributed by atoms with Gasteiger partial charge in [0.1, 0.15) is 10.9 Å². The van der Waals surface area contributed by atoms with Gasteiger partial charge in [0.15, 0.2) is 0 Å². The minimum Gasteiger partial charge on any atom is -0.393 e. The summed E-state index contributed by atoms with van der Waals surface area (Å²) in [4.78, 5) is 1.72. The van der Waals surface area contributed by atoms with Crippen molar-refractivity contribution in [2.24, 2.45) is 0 Å². The SMILES string of the molecule is CC(O)(CO)CNCc1ccc(C#N)s1. The minimum atomic E-state index is -1.09. The molecule has 5 heteroatoms. The first-order chi connectivity index (χ1) is 7.07. The fourth-order valence-electron chi connectivity index (χ4n) is 1.04. The molecule has 1 heterocycles. The smallest absolute Gasteiger partial charge is 0.110 e. The van der Waals surface area contributed by atoms with E-state index in [9.17, 15) is 5.11 Å². The molecule has 0 spiro atoms. The Morgan fingerprint density at radius 2 is 2.33 bits per heavy atom. The van der Waals surface area contributed by atoms with Gasteiger partial charge in [-0.05, 0) is 19.1 Å². The summed E-state index contributed by atoms with van der Waals surface area (Å²) in [5.41, 5.74) is -1.09. The quantitative estimate of drug-likeness (QED) is 0.681. The van der Waals surface area contributed by atoms with Crippen LogP contribution in [0.1, 0.15) is 16.7 Å². The Hall–Kier alpha value is -0.930. The van der Waals surface area contributed by atoms with Crippen molar-refractivity contribution in [1.29, 1.82) is 5.26 Å². The van der Waals surface area contributed by atoms with E-state index in [1.165, 1.54) is 11.3 Å². The molecule has 0 aromatic carbocycles. The van der Waals surface area contributed by atoms with Crippen molar-refractivity contribution in [1.82, 2.24) is 5.32 Å². The highest BCUT2D eigenvalue weighted by Crippen LogP contribution is 2.14. The normalized spacial score (nSPS) is 14.5. The minimum absolute atomic E-state index is 0.270. The van der Waals surface area contributed by atoms with E-state index in [0.29, 0.717) is 18.0 Å². The van der Waals surface area contributed by atoms with Crippen molar-refractivity contribution < 1.29 is 10.2 Å². The summed E-state index contributed by atoms with van der Waals surface area (Å²) < 4.78 is 0. The molecule has 15 heavy (non-hydrogen) atoms. The van der Waals surface area contributed by atoms with Gasteiger partial charge in [-0.25, -0.2) is 0 Å². The zero-order valence-electron chi connectivity index (χ0n) is 8.53. The Balaban J connectivity index is 2.35. The Labute approximate surface area is 92.8 Å². The van der Waals surface area contributed by atoms with E-state index < -0.39 is 5.60 Å². The molecule has 1 rings (SSSR count). The molecule has 0 aliphatic carbocycles. The van der Waals surface area contributed by atoms with E-state index in [1.54, 1.807) is 13.0 Å². The number of hydrogen-bond acceptors (Lipinski definition) is 5. The number of nitrogens with zero attached hydrogens (tertiary/aromatic N) is 1. The zero-order valence-corrected chi connectivity index (χ0v) is 9.34. The van der Waals surface area contributed by atoms with Crippen LogP contribution in [0.15, 0.2) is 12.1 Å². The Morgan fingerprint density at radius 1 is 1.60 bits per heavy atom. The van der Waals surface area contributed by atoms with Gasteiger partial charge in [-0.1, -0.05) is 0 Å². The van der Waals surface area contributed by atoms with Gasteiger partial charge in [0, 0.05) is 18.0 Å². The molecule has 82 valence electrons. The first-order valence-electron chi connectivity index (χ1n) is 4.60. The monoisotopic (exact) mass is 226 g/mol. The third-order valence-corrected chi connectivity index (χ3v) is 2.91. The average Bonchev–Trinajstić information content (AvgIpc) is 2.66. The van der Waals surface area contributed by atoms with Gasteiger partial charge in [0.2, 0.25) is 0 Å². The number of rotatable bonds is 5. The van der Waals surface area contributed by atoms with Crippen LogP contribution in [0.4, 0.5) is 0 Å². The summed E-state index contributed by atoms with van der Waals surface area (Å²) in [5.74, 6) is 0. The first-order valence-corrected chi connectivity index (χ1v) is 5.42. The van der Waals surface area contributed by atoms with Crippen molar-refractivity contribution in [2.75, 3.05) is 13.2 Å². The van der Waals surface area contributed by atoms with Crippen LogP contribution in [0.2, 0.25) is 0 Å². The van der Waals surface area contributed by atoms with Crippen molar-refractivity contribution >= 4 is 11.3 Å². The molecule has 0 saturated carbocycles. The molecule has 1 aromatic heterocycles. The second kappa shape index (κ2) is 5.24. The van der Waals surface area contributed by atoms with Crippen LogP contribution in [0, 0.1) is 11.3 Å². The van der Waals surface area contributed by atoms with E-state index in [-0.39, 0.29) is 6.61 Å². The third-order valence-electron chi connectivity index (χ3n) is 1.92. The number of nitriles is 1. The molecular formula is C10H14N2O2S. The lowest BCUT2D eigenvalue weighted by atomic mass is 10.1. The lowest BCUT2D eigenvalue weighted by molar-refractivity contribution is 0.00258. The maximum atomic E-state index is 9.49. The Morgan fingerprint density at radius 3 is 2.87 bits per heavy atom. The molecule has 0 radical (unpaired) electrons. The maximum absolute atomic E-state index is 9.49. The predicted molar refractivity (Wildman–Crippen MR) is 58.5 cm³/mol.